The molecule has 0 aromatic carbocycles. The smallest absolute Gasteiger partial charge is 0.300 e. The highest BCUT2D eigenvalue weighted by atomic mass is 16.4. The lowest BCUT2D eigenvalue weighted by Gasteiger charge is -1.99. The lowest BCUT2D eigenvalue weighted by Crippen LogP contribution is -2.32. The molecule has 110 valence electrons. The summed E-state index contributed by atoms with van der Waals surface area (Å²) in [5.74, 6) is -2.50. The second kappa shape index (κ2) is 20.7. The van der Waals surface area contributed by atoms with Crippen LogP contribution >= 0.6 is 0 Å². The average Bonchev–Trinajstić information content (AvgIpc) is 2.13. The number of carbonyl (C=O) groups is 3. The van der Waals surface area contributed by atoms with Crippen LogP contribution in [0.5, 0.6) is 0 Å². The van der Waals surface area contributed by atoms with Crippen LogP contribution < -0.4 is 11.5 Å². The highest BCUT2D eigenvalue weighted by Crippen LogP contribution is 1.63. The van der Waals surface area contributed by atoms with Crippen LogP contribution in [0.15, 0.2) is 0 Å². The summed E-state index contributed by atoms with van der Waals surface area (Å²) in [5, 5.41) is 30.4. The first-order valence-corrected chi connectivity index (χ1v) is 4.66. The summed E-state index contributed by atoms with van der Waals surface area (Å²) in [6, 6.07) is -0.231. The van der Waals surface area contributed by atoms with Crippen molar-refractivity contribution in [2.75, 3.05) is 13.2 Å². The predicted octanol–water partition coefficient (Wildman–Crippen LogP) is -1.46. The molecule has 0 aromatic rings. The highest BCUT2D eigenvalue weighted by molar-refractivity contribution is 5.63. The molecule has 18 heavy (non-hydrogen) atoms. The molecule has 0 aliphatic rings. The Morgan fingerprint density at radius 1 is 0.944 bits per heavy atom. The van der Waals surface area contributed by atoms with Gasteiger partial charge in [-0.25, -0.2) is 0 Å². The fourth-order valence-electron chi connectivity index (χ4n) is 0.0745. The predicted molar refractivity (Wildman–Crippen MR) is 64.0 cm³/mol. The number of aliphatic carboxylic acids is 3. The molecule has 0 saturated heterocycles. The molecule has 0 heterocycles. The molecule has 9 nitrogen and oxygen atoms in total. The van der Waals surface area contributed by atoms with E-state index in [0.717, 1.165) is 20.8 Å². The number of carboxylic acids is 3. The van der Waals surface area contributed by atoms with Crippen LogP contribution in [0.2, 0.25) is 0 Å². The molecule has 1 atom stereocenters. The number of carboxylic acid groups (broad SMARTS) is 3. The molecular formula is C9H22N2O7. The van der Waals surface area contributed by atoms with E-state index in [4.69, 9.17) is 46.3 Å². The zero-order valence-electron chi connectivity index (χ0n) is 10.7. The maximum absolute atomic E-state index is 9.00. The van der Waals surface area contributed by atoms with Gasteiger partial charge >= 0.3 is 0 Å². The third-order valence-corrected chi connectivity index (χ3v) is 0.537. The minimum absolute atomic E-state index is 0.0174. The number of nitrogens with two attached hydrogens (primary N) is 2. The molecule has 9 heteroatoms. The van der Waals surface area contributed by atoms with Gasteiger partial charge in [0.1, 0.15) is 0 Å². The molecule has 0 aromatic heterocycles. The van der Waals surface area contributed by atoms with Crippen molar-refractivity contribution in [2.45, 2.75) is 26.8 Å². The van der Waals surface area contributed by atoms with E-state index in [1.807, 2.05) is 0 Å². The Labute approximate surface area is 105 Å². The lowest BCUT2D eigenvalue weighted by molar-refractivity contribution is -0.135. The monoisotopic (exact) mass is 270 g/mol. The first kappa shape index (κ1) is 25.2. The van der Waals surface area contributed by atoms with Crippen LogP contribution in [0.1, 0.15) is 20.8 Å². The molecule has 0 spiro atoms. The van der Waals surface area contributed by atoms with Gasteiger partial charge in [-0.3, -0.25) is 14.4 Å². The zero-order valence-corrected chi connectivity index (χ0v) is 10.7. The van der Waals surface area contributed by atoms with E-state index in [1.54, 1.807) is 0 Å². The molecule has 0 amide bonds. The molecule has 8 N–H and O–H groups in total. The van der Waals surface area contributed by atoms with Gasteiger partial charge in [0.05, 0.1) is 6.61 Å². The summed E-state index contributed by atoms with van der Waals surface area (Å²) in [6.45, 7) is 3.59. The number of hydrogen-bond acceptors (Lipinski definition) is 6. The highest BCUT2D eigenvalue weighted by Gasteiger charge is 1.90. The van der Waals surface area contributed by atoms with Crippen molar-refractivity contribution < 1.29 is 34.8 Å². The van der Waals surface area contributed by atoms with Crippen molar-refractivity contribution in [3.8, 4) is 0 Å². The van der Waals surface area contributed by atoms with Gasteiger partial charge < -0.3 is 31.9 Å². The van der Waals surface area contributed by atoms with E-state index in [0.29, 0.717) is 6.54 Å². The van der Waals surface area contributed by atoms with Crippen molar-refractivity contribution in [1.82, 2.24) is 0 Å². The number of hydrogen-bond donors (Lipinski definition) is 6. The maximum Gasteiger partial charge on any atom is 0.300 e. The van der Waals surface area contributed by atoms with Gasteiger partial charge in [0.2, 0.25) is 0 Å². The summed E-state index contributed by atoms with van der Waals surface area (Å²) in [5.41, 5.74) is 10.1. The fourth-order valence-corrected chi connectivity index (χ4v) is 0.0745. The quantitative estimate of drug-likeness (QED) is 0.348. The Hall–Kier alpha value is -1.71. The Kier molecular flexibility index (Phi) is 29.0. The van der Waals surface area contributed by atoms with E-state index >= 15 is 0 Å². The Bertz CT molecular complexity index is 176. The number of aliphatic hydroxyl groups excluding tert-OH is 1. The van der Waals surface area contributed by atoms with Crippen LogP contribution in [-0.2, 0) is 14.4 Å². The molecule has 0 radical (unpaired) electrons. The normalized spacial score (nSPS) is 9.00. The van der Waals surface area contributed by atoms with Gasteiger partial charge in [-0.1, -0.05) is 0 Å². The van der Waals surface area contributed by atoms with E-state index in [2.05, 4.69) is 0 Å². The van der Waals surface area contributed by atoms with Gasteiger partial charge in [0, 0.05) is 33.4 Å². The molecule has 0 rings (SSSR count). The first-order valence-electron chi connectivity index (χ1n) is 4.66. The molecule has 0 aliphatic heterocycles. The van der Waals surface area contributed by atoms with Gasteiger partial charge in [0.15, 0.2) is 0 Å². The fraction of sp³-hybridized carbons (Fsp3) is 0.667. The summed E-state index contributed by atoms with van der Waals surface area (Å²) < 4.78 is 0. The van der Waals surface area contributed by atoms with Crippen molar-refractivity contribution in [2.24, 2.45) is 11.5 Å². The van der Waals surface area contributed by atoms with Crippen molar-refractivity contribution in [3.05, 3.63) is 0 Å². The Balaban J connectivity index is -0.0000000742. The summed E-state index contributed by atoms with van der Waals surface area (Å²) in [7, 11) is 0. The molecular weight excluding hydrogens is 248 g/mol. The third-order valence-electron chi connectivity index (χ3n) is 0.537. The van der Waals surface area contributed by atoms with E-state index in [9.17, 15) is 0 Å². The van der Waals surface area contributed by atoms with E-state index in [-0.39, 0.29) is 12.6 Å². The maximum atomic E-state index is 9.00. The van der Waals surface area contributed by atoms with E-state index < -0.39 is 17.9 Å². The minimum Gasteiger partial charge on any atom is -0.481 e. The standard InChI is InChI=1S/C3H10N2O.3C2H4O2/c4-1-3(5)2-6;3*1-2(3)4/h3,6H,1-2,4-5H2;3*1H3,(H,3,4). The second-order valence-corrected chi connectivity index (χ2v) is 2.74. The first-order chi connectivity index (χ1) is 8.00. The van der Waals surface area contributed by atoms with Crippen molar-refractivity contribution >= 4 is 17.9 Å². The van der Waals surface area contributed by atoms with Gasteiger partial charge in [-0.2, -0.15) is 0 Å². The summed E-state index contributed by atoms with van der Waals surface area (Å²) in [6.07, 6.45) is 0. The molecule has 0 bridgehead atoms. The Morgan fingerprint density at radius 3 is 1.11 bits per heavy atom. The lowest BCUT2D eigenvalue weighted by atomic mass is 10.3. The molecule has 0 fully saturated rings. The van der Waals surface area contributed by atoms with Gasteiger partial charge in [-0.15, -0.1) is 0 Å². The van der Waals surface area contributed by atoms with Crippen molar-refractivity contribution in [3.63, 3.8) is 0 Å². The topological polar surface area (TPSA) is 184 Å². The second-order valence-electron chi connectivity index (χ2n) is 2.74. The van der Waals surface area contributed by atoms with E-state index in [1.165, 1.54) is 0 Å². The SMILES string of the molecule is CC(=O)O.CC(=O)O.CC(=O)O.NCC(N)CO. The zero-order chi connectivity index (χ0) is 15.7. The van der Waals surface area contributed by atoms with Gasteiger partial charge in [0.25, 0.3) is 17.9 Å². The van der Waals surface area contributed by atoms with Crippen LogP contribution in [-0.4, -0.2) is 57.5 Å². The number of aliphatic hydroxyl groups is 1. The van der Waals surface area contributed by atoms with Crippen molar-refractivity contribution in [1.29, 1.82) is 0 Å². The van der Waals surface area contributed by atoms with Crippen LogP contribution in [0.3, 0.4) is 0 Å². The summed E-state index contributed by atoms with van der Waals surface area (Å²) in [4.78, 5) is 27.0. The van der Waals surface area contributed by atoms with Gasteiger partial charge in [-0.05, 0) is 0 Å². The largest absolute Gasteiger partial charge is 0.481 e. The molecule has 0 saturated carbocycles. The minimum atomic E-state index is -0.833. The summed E-state index contributed by atoms with van der Waals surface area (Å²) >= 11 is 0. The molecule has 1 unspecified atom stereocenters. The van der Waals surface area contributed by atoms with Crippen LogP contribution in [0, 0.1) is 0 Å². The third kappa shape index (κ3) is 481. The Morgan fingerprint density at radius 2 is 1.11 bits per heavy atom. The van der Waals surface area contributed by atoms with Crippen LogP contribution in [0.25, 0.3) is 0 Å². The number of rotatable bonds is 2. The average molecular weight is 270 g/mol. The molecule has 0 aliphatic carbocycles. The van der Waals surface area contributed by atoms with Crippen LogP contribution in [0.4, 0.5) is 0 Å².